The summed E-state index contributed by atoms with van der Waals surface area (Å²) >= 11 is 0. The number of nitrogens with zero attached hydrogens (tertiary/aromatic N) is 1. The monoisotopic (exact) mass is 236 g/mol. The first-order chi connectivity index (χ1) is 8.15. The van der Waals surface area contributed by atoms with Crippen LogP contribution in [0.3, 0.4) is 0 Å². The minimum atomic E-state index is -0.133. The van der Waals surface area contributed by atoms with Gasteiger partial charge in [-0.25, -0.2) is 4.39 Å². The highest BCUT2D eigenvalue weighted by Crippen LogP contribution is 2.37. The van der Waals surface area contributed by atoms with E-state index >= 15 is 0 Å². The fourth-order valence-corrected chi connectivity index (χ4v) is 2.41. The summed E-state index contributed by atoms with van der Waals surface area (Å²) in [6, 6.07) is 5.68. The second kappa shape index (κ2) is 5.05. The fraction of sp³-hybridized carbons (Fsp3) is 0.571. The van der Waals surface area contributed by atoms with Gasteiger partial charge in [-0.3, -0.25) is 0 Å². The van der Waals surface area contributed by atoms with Crippen LogP contribution in [0.4, 0.5) is 10.1 Å². The molecule has 0 amide bonds. The van der Waals surface area contributed by atoms with Crippen LogP contribution in [0.25, 0.3) is 0 Å². The lowest BCUT2D eigenvalue weighted by Crippen LogP contribution is -2.32. The lowest BCUT2D eigenvalue weighted by molar-refractivity contribution is 0.573. The summed E-state index contributed by atoms with van der Waals surface area (Å²) in [5.74, 6) is 0.594. The molecule has 1 unspecified atom stereocenters. The number of rotatable bonds is 5. The van der Waals surface area contributed by atoms with Crippen molar-refractivity contribution in [3.8, 4) is 0 Å². The van der Waals surface area contributed by atoms with Gasteiger partial charge >= 0.3 is 0 Å². The zero-order valence-electron chi connectivity index (χ0n) is 10.6. The number of halogens is 1. The van der Waals surface area contributed by atoms with Crippen molar-refractivity contribution < 1.29 is 4.39 Å². The maximum Gasteiger partial charge on any atom is 0.146 e. The van der Waals surface area contributed by atoms with E-state index in [-0.39, 0.29) is 5.82 Å². The number of benzene rings is 1. The molecule has 0 bridgehead atoms. The van der Waals surface area contributed by atoms with E-state index in [1.807, 2.05) is 13.1 Å². The second-order valence-electron chi connectivity index (χ2n) is 4.98. The van der Waals surface area contributed by atoms with Crippen molar-refractivity contribution >= 4 is 5.69 Å². The van der Waals surface area contributed by atoms with Gasteiger partial charge in [-0.2, -0.15) is 0 Å². The first-order valence-electron chi connectivity index (χ1n) is 6.35. The van der Waals surface area contributed by atoms with Crippen molar-refractivity contribution in [3.05, 3.63) is 29.6 Å². The van der Waals surface area contributed by atoms with Crippen molar-refractivity contribution in [2.24, 2.45) is 11.7 Å². The van der Waals surface area contributed by atoms with Gasteiger partial charge < -0.3 is 10.6 Å². The highest BCUT2D eigenvalue weighted by molar-refractivity contribution is 5.55. The summed E-state index contributed by atoms with van der Waals surface area (Å²) in [4.78, 5) is 2.08. The van der Waals surface area contributed by atoms with Gasteiger partial charge in [-0.1, -0.05) is 12.1 Å². The molecule has 3 heteroatoms. The predicted molar refractivity (Wildman–Crippen MR) is 69.7 cm³/mol. The van der Waals surface area contributed by atoms with Gasteiger partial charge in [-0.05, 0) is 50.3 Å². The van der Waals surface area contributed by atoms with Gasteiger partial charge in [0.15, 0.2) is 0 Å². The van der Waals surface area contributed by atoms with Crippen LogP contribution in [0.15, 0.2) is 18.2 Å². The predicted octanol–water partition coefficient (Wildman–Crippen LogP) is 2.56. The summed E-state index contributed by atoms with van der Waals surface area (Å²) in [5, 5.41) is 0. The fourth-order valence-electron chi connectivity index (χ4n) is 2.41. The van der Waals surface area contributed by atoms with Gasteiger partial charge in [0.25, 0.3) is 0 Å². The second-order valence-corrected chi connectivity index (χ2v) is 4.98. The Hall–Kier alpha value is -1.09. The molecule has 1 saturated carbocycles. The molecule has 0 aromatic heterocycles. The summed E-state index contributed by atoms with van der Waals surface area (Å²) in [7, 11) is 1.99. The lowest BCUT2D eigenvalue weighted by Gasteiger charge is -2.29. The van der Waals surface area contributed by atoms with E-state index < -0.39 is 0 Å². The molecular formula is C14H21FN2. The minimum Gasteiger partial charge on any atom is -0.369 e. The Morgan fingerprint density at radius 2 is 2.18 bits per heavy atom. The van der Waals surface area contributed by atoms with E-state index in [2.05, 4.69) is 11.8 Å². The van der Waals surface area contributed by atoms with E-state index in [0.717, 1.165) is 23.6 Å². The summed E-state index contributed by atoms with van der Waals surface area (Å²) in [6.07, 6.45) is 3.27. The quantitative estimate of drug-likeness (QED) is 0.851. The highest BCUT2D eigenvalue weighted by Gasteiger charge is 2.32. The maximum atomic E-state index is 14.0. The molecule has 1 aromatic rings. The summed E-state index contributed by atoms with van der Waals surface area (Å²) in [6.45, 7) is 2.73. The van der Waals surface area contributed by atoms with Crippen LogP contribution in [0.2, 0.25) is 0 Å². The van der Waals surface area contributed by atoms with Crippen molar-refractivity contribution in [1.29, 1.82) is 0 Å². The van der Waals surface area contributed by atoms with Crippen LogP contribution in [-0.2, 0) is 6.42 Å². The molecule has 0 spiro atoms. The topological polar surface area (TPSA) is 29.3 Å². The Kier molecular flexibility index (Phi) is 3.67. The molecule has 94 valence electrons. The smallest absolute Gasteiger partial charge is 0.146 e. The number of nitrogens with two attached hydrogens (primary N) is 1. The van der Waals surface area contributed by atoms with E-state index in [9.17, 15) is 4.39 Å². The highest BCUT2D eigenvalue weighted by atomic mass is 19.1. The van der Waals surface area contributed by atoms with Crippen LogP contribution >= 0.6 is 0 Å². The molecule has 0 radical (unpaired) electrons. The van der Waals surface area contributed by atoms with E-state index in [4.69, 9.17) is 5.73 Å². The Bertz CT molecular complexity index is 388. The molecule has 2 N–H and O–H groups in total. The molecule has 1 aliphatic rings. The number of anilines is 1. The van der Waals surface area contributed by atoms with Crippen LogP contribution in [0.5, 0.6) is 0 Å². The average Bonchev–Trinajstić information content (AvgIpc) is 3.12. The van der Waals surface area contributed by atoms with Gasteiger partial charge in [0.2, 0.25) is 0 Å². The first kappa shape index (κ1) is 12.4. The largest absolute Gasteiger partial charge is 0.369 e. The van der Waals surface area contributed by atoms with Crippen molar-refractivity contribution in [2.75, 3.05) is 18.5 Å². The summed E-state index contributed by atoms with van der Waals surface area (Å²) in [5.41, 5.74) is 7.34. The molecule has 0 saturated heterocycles. The zero-order chi connectivity index (χ0) is 12.4. The Balaban J connectivity index is 2.27. The molecule has 1 fully saturated rings. The Morgan fingerprint density at radius 1 is 1.47 bits per heavy atom. The average molecular weight is 236 g/mol. The van der Waals surface area contributed by atoms with Gasteiger partial charge in [0.1, 0.15) is 5.82 Å². The van der Waals surface area contributed by atoms with Crippen LogP contribution in [-0.4, -0.2) is 19.6 Å². The van der Waals surface area contributed by atoms with E-state index in [1.54, 1.807) is 6.07 Å². The normalized spacial score (nSPS) is 16.9. The molecule has 1 aromatic carbocycles. The number of hydrogen-bond acceptors (Lipinski definition) is 2. The van der Waals surface area contributed by atoms with Crippen molar-refractivity contribution in [1.82, 2.24) is 0 Å². The zero-order valence-corrected chi connectivity index (χ0v) is 10.6. The van der Waals surface area contributed by atoms with Crippen molar-refractivity contribution in [3.63, 3.8) is 0 Å². The lowest BCUT2D eigenvalue weighted by atomic mass is 10.1. The molecule has 1 atom stereocenters. The third-order valence-electron chi connectivity index (χ3n) is 3.75. The molecular weight excluding hydrogens is 215 g/mol. The van der Waals surface area contributed by atoms with E-state index in [0.29, 0.717) is 12.6 Å². The minimum absolute atomic E-state index is 0.133. The molecule has 0 aliphatic heterocycles. The number of hydrogen-bond donors (Lipinski definition) is 1. The third kappa shape index (κ3) is 2.60. The molecule has 17 heavy (non-hydrogen) atoms. The maximum absolute atomic E-state index is 14.0. The third-order valence-corrected chi connectivity index (χ3v) is 3.75. The Labute approximate surface area is 103 Å². The van der Waals surface area contributed by atoms with Gasteiger partial charge in [0, 0.05) is 13.1 Å². The van der Waals surface area contributed by atoms with Crippen LogP contribution in [0.1, 0.15) is 25.3 Å². The van der Waals surface area contributed by atoms with Crippen LogP contribution in [0, 0.1) is 11.7 Å². The van der Waals surface area contributed by atoms with Gasteiger partial charge in [0.05, 0.1) is 5.69 Å². The molecule has 2 rings (SSSR count). The standard InChI is InChI=1S/C14H21FN2/c1-10(11-6-7-11)17(2)14-12(8-9-16)4-3-5-13(14)15/h3-5,10-11H,6-9,16H2,1-2H3. The van der Waals surface area contributed by atoms with Gasteiger partial charge in [-0.15, -0.1) is 0 Å². The van der Waals surface area contributed by atoms with Crippen molar-refractivity contribution in [2.45, 2.75) is 32.2 Å². The molecule has 2 nitrogen and oxygen atoms in total. The SMILES string of the molecule is CC(C1CC1)N(C)c1c(F)cccc1CCN. The van der Waals surface area contributed by atoms with Crippen LogP contribution < -0.4 is 10.6 Å². The van der Waals surface area contributed by atoms with E-state index in [1.165, 1.54) is 18.9 Å². The molecule has 1 aliphatic carbocycles. The summed E-state index contributed by atoms with van der Waals surface area (Å²) < 4.78 is 14.0. The first-order valence-corrected chi connectivity index (χ1v) is 6.35. The number of para-hydroxylation sites is 1. The Morgan fingerprint density at radius 3 is 2.76 bits per heavy atom. The molecule has 0 heterocycles.